The molecule has 0 aliphatic rings. The number of amides is 2. The minimum absolute atomic E-state index is 0.192. The molecule has 0 bridgehead atoms. The number of furan rings is 1. The van der Waals surface area contributed by atoms with Crippen LogP contribution in [0.25, 0.3) is 11.6 Å². The summed E-state index contributed by atoms with van der Waals surface area (Å²) in [5, 5.41) is 15.3. The van der Waals surface area contributed by atoms with Crippen LogP contribution < -0.4 is 15.0 Å². The molecule has 1 N–H and O–H groups in total. The van der Waals surface area contributed by atoms with E-state index < -0.39 is 11.6 Å². The van der Waals surface area contributed by atoms with Gasteiger partial charge in [0.05, 0.1) is 6.61 Å². The Hall–Kier alpha value is -3.69. The highest BCUT2D eigenvalue weighted by Gasteiger charge is 2.33. The monoisotopic (exact) mass is 482 g/mol. The van der Waals surface area contributed by atoms with E-state index in [1.54, 1.807) is 36.4 Å². The number of nitrogens with zero attached hydrogens (tertiary/aromatic N) is 5. The van der Waals surface area contributed by atoms with Crippen molar-refractivity contribution in [1.29, 1.82) is 0 Å². The van der Waals surface area contributed by atoms with E-state index in [2.05, 4.69) is 20.7 Å². The molecular weight excluding hydrogens is 448 g/mol. The maximum atomic E-state index is 13.6. The van der Waals surface area contributed by atoms with Gasteiger partial charge in [-0.2, -0.15) is 4.80 Å². The van der Waals surface area contributed by atoms with Gasteiger partial charge in [0.2, 0.25) is 11.7 Å². The molecule has 0 spiro atoms. The van der Waals surface area contributed by atoms with E-state index in [0.29, 0.717) is 36.6 Å². The fourth-order valence-corrected chi connectivity index (χ4v) is 3.63. The lowest BCUT2D eigenvalue weighted by molar-refractivity contribution is -0.128. The van der Waals surface area contributed by atoms with Crippen LogP contribution in [-0.2, 0) is 16.1 Å². The van der Waals surface area contributed by atoms with Crippen molar-refractivity contribution >= 4 is 17.5 Å². The summed E-state index contributed by atoms with van der Waals surface area (Å²) in [6, 6.07) is 9.98. The second-order valence-electron chi connectivity index (χ2n) is 9.29. The highest BCUT2D eigenvalue weighted by Crippen LogP contribution is 2.25. The van der Waals surface area contributed by atoms with Crippen molar-refractivity contribution in [1.82, 2.24) is 25.5 Å². The van der Waals surface area contributed by atoms with E-state index >= 15 is 0 Å². The molecule has 35 heavy (non-hydrogen) atoms. The van der Waals surface area contributed by atoms with Gasteiger partial charge in [0, 0.05) is 11.2 Å². The van der Waals surface area contributed by atoms with Gasteiger partial charge in [-0.25, -0.2) is 0 Å². The topological polar surface area (TPSA) is 115 Å². The van der Waals surface area contributed by atoms with Gasteiger partial charge in [0.1, 0.15) is 24.1 Å². The van der Waals surface area contributed by atoms with Crippen LogP contribution in [0, 0.1) is 6.92 Å². The minimum Gasteiger partial charge on any atom is -0.494 e. The maximum Gasteiger partial charge on any atom is 0.251 e. The normalized spacial score (nSPS) is 12.3. The van der Waals surface area contributed by atoms with Gasteiger partial charge in [-0.1, -0.05) is 13.3 Å². The smallest absolute Gasteiger partial charge is 0.251 e. The third-order valence-corrected chi connectivity index (χ3v) is 5.06. The first-order chi connectivity index (χ1) is 16.6. The molecule has 0 radical (unpaired) electrons. The number of carbonyl (C=O) groups excluding carboxylic acids is 2. The quantitative estimate of drug-likeness (QED) is 0.468. The standard InChI is InChI=1S/C25H34N6O4/c1-7-9-20(24(33)26-25(4,5)6)31(18-11-13-19(14-12-18)34-8-2)22(32)16-30-28-23(27-29-30)21-15-10-17(3)35-21/h10-15,20H,7-9,16H2,1-6H3,(H,26,33). The molecule has 2 aromatic heterocycles. The van der Waals surface area contributed by atoms with Crippen LogP contribution >= 0.6 is 0 Å². The molecule has 1 unspecified atom stereocenters. The summed E-state index contributed by atoms with van der Waals surface area (Å²) in [5.41, 5.74) is 0.142. The fraction of sp³-hybridized carbons (Fsp3) is 0.480. The van der Waals surface area contributed by atoms with Gasteiger partial charge in [0.25, 0.3) is 5.91 Å². The summed E-state index contributed by atoms with van der Waals surface area (Å²) in [6.07, 6.45) is 1.20. The summed E-state index contributed by atoms with van der Waals surface area (Å²) in [5.74, 6) is 1.61. The second-order valence-corrected chi connectivity index (χ2v) is 9.29. The van der Waals surface area contributed by atoms with E-state index in [1.165, 1.54) is 9.70 Å². The average Bonchev–Trinajstić information content (AvgIpc) is 3.42. The first-order valence-electron chi connectivity index (χ1n) is 11.8. The fourth-order valence-electron chi connectivity index (χ4n) is 3.63. The number of carbonyl (C=O) groups is 2. The number of rotatable bonds is 10. The van der Waals surface area contributed by atoms with Crippen molar-refractivity contribution in [2.45, 2.75) is 72.5 Å². The van der Waals surface area contributed by atoms with Gasteiger partial charge >= 0.3 is 0 Å². The molecule has 10 nitrogen and oxygen atoms in total. The predicted molar refractivity (Wildman–Crippen MR) is 132 cm³/mol. The molecule has 1 aromatic carbocycles. The molecule has 0 saturated carbocycles. The lowest BCUT2D eigenvalue weighted by Gasteiger charge is -2.33. The van der Waals surface area contributed by atoms with Crippen molar-refractivity contribution in [3.63, 3.8) is 0 Å². The van der Waals surface area contributed by atoms with Crippen LogP contribution in [0.1, 0.15) is 53.2 Å². The van der Waals surface area contributed by atoms with E-state index in [9.17, 15) is 9.59 Å². The zero-order valence-electron chi connectivity index (χ0n) is 21.2. The van der Waals surface area contributed by atoms with E-state index in [1.807, 2.05) is 41.5 Å². The van der Waals surface area contributed by atoms with Gasteiger partial charge in [0.15, 0.2) is 5.76 Å². The Morgan fingerprint density at radius 2 is 1.86 bits per heavy atom. The Morgan fingerprint density at radius 1 is 1.14 bits per heavy atom. The minimum atomic E-state index is -0.708. The zero-order valence-corrected chi connectivity index (χ0v) is 21.2. The highest BCUT2D eigenvalue weighted by atomic mass is 16.5. The van der Waals surface area contributed by atoms with Crippen LogP contribution in [0.5, 0.6) is 5.75 Å². The summed E-state index contributed by atoms with van der Waals surface area (Å²) in [4.78, 5) is 29.6. The van der Waals surface area contributed by atoms with Crippen molar-refractivity contribution < 1.29 is 18.7 Å². The van der Waals surface area contributed by atoms with Crippen LogP contribution in [0.4, 0.5) is 5.69 Å². The number of nitrogens with one attached hydrogen (secondary N) is 1. The molecular formula is C25H34N6O4. The zero-order chi connectivity index (χ0) is 25.6. The van der Waals surface area contributed by atoms with Crippen LogP contribution in [0.15, 0.2) is 40.8 Å². The third kappa shape index (κ3) is 6.91. The summed E-state index contributed by atoms with van der Waals surface area (Å²) < 4.78 is 11.1. The molecule has 2 amide bonds. The number of anilines is 1. The first-order valence-corrected chi connectivity index (χ1v) is 11.8. The van der Waals surface area contributed by atoms with E-state index in [0.717, 1.165) is 5.76 Å². The Balaban J connectivity index is 1.92. The highest BCUT2D eigenvalue weighted by molar-refractivity contribution is 6.00. The number of ether oxygens (including phenoxy) is 1. The van der Waals surface area contributed by atoms with Gasteiger partial charge < -0.3 is 14.5 Å². The number of aromatic nitrogens is 4. The summed E-state index contributed by atoms with van der Waals surface area (Å²) in [6.45, 7) is 11.8. The number of aryl methyl sites for hydroxylation is 1. The SMILES string of the molecule is CCCC(C(=O)NC(C)(C)C)N(C(=O)Cn1nnc(-c2ccc(C)o2)n1)c1ccc(OCC)cc1. The molecule has 3 rings (SSSR count). The van der Waals surface area contributed by atoms with Crippen molar-refractivity contribution in [2.24, 2.45) is 0 Å². The van der Waals surface area contributed by atoms with E-state index in [4.69, 9.17) is 9.15 Å². The summed E-state index contributed by atoms with van der Waals surface area (Å²) >= 11 is 0. The van der Waals surface area contributed by atoms with E-state index in [-0.39, 0.29) is 24.2 Å². The van der Waals surface area contributed by atoms with Crippen molar-refractivity contribution in [2.75, 3.05) is 11.5 Å². The Labute approximate surface area is 205 Å². The molecule has 0 saturated heterocycles. The largest absolute Gasteiger partial charge is 0.494 e. The Kier molecular flexibility index (Phi) is 8.26. The van der Waals surface area contributed by atoms with Crippen molar-refractivity contribution in [3.05, 3.63) is 42.2 Å². The van der Waals surface area contributed by atoms with Gasteiger partial charge in [-0.15, -0.1) is 10.2 Å². The van der Waals surface area contributed by atoms with Gasteiger partial charge in [-0.3, -0.25) is 14.5 Å². The number of hydrogen-bond acceptors (Lipinski definition) is 7. The molecule has 3 aromatic rings. The Bertz CT molecular complexity index is 1130. The van der Waals surface area contributed by atoms with Crippen LogP contribution in [-0.4, -0.2) is 50.2 Å². The molecule has 0 aliphatic carbocycles. The third-order valence-electron chi connectivity index (χ3n) is 5.06. The first kappa shape index (κ1) is 25.9. The van der Waals surface area contributed by atoms with Gasteiger partial charge in [-0.05, 0) is 82.7 Å². The lowest BCUT2D eigenvalue weighted by Crippen LogP contribution is -2.54. The molecule has 0 aliphatic heterocycles. The average molecular weight is 483 g/mol. The van der Waals surface area contributed by atoms with Crippen LogP contribution in [0.3, 0.4) is 0 Å². The number of benzene rings is 1. The predicted octanol–water partition coefficient (Wildman–Crippen LogP) is 3.76. The maximum absolute atomic E-state index is 13.6. The molecule has 2 heterocycles. The number of tetrazole rings is 1. The van der Waals surface area contributed by atoms with Crippen LogP contribution in [0.2, 0.25) is 0 Å². The molecule has 188 valence electrons. The molecule has 10 heteroatoms. The number of hydrogen-bond donors (Lipinski definition) is 1. The second kappa shape index (κ2) is 11.2. The summed E-state index contributed by atoms with van der Waals surface area (Å²) in [7, 11) is 0. The van der Waals surface area contributed by atoms with Crippen molar-refractivity contribution in [3.8, 4) is 17.3 Å². The molecule has 0 fully saturated rings. The lowest BCUT2D eigenvalue weighted by atomic mass is 10.0. The molecule has 1 atom stereocenters. The Morgan fingerprint density at radius 3 is 2.43 bits per heavy atom.